The summed E-state index contributed by atoms with van der Waals surface area (Å²) < 4.78 is 0. The highest BCUT2D eigenvalue weighted by atomic mass is 32.1. The highest BCUT2D eigenvalue weighted by Crippen LogP contribution is 2.39. The van der Waals surface area contributed by atoms with Crippen LogP contribution in [0.3, 0.4) is 0 Å². The first-order valence-electron chi connectivity index (χ1n) is 10.8. The molecule has 0 saturated heterocycles. The molecular formula is C27H30S. The van der Waals surface area contributed by atoms with Crippen LogP contribution in [-0.4, -0.2) is 0 Å². The van der Waals surface area contributed by atoms with Crippen LogP contribution in [-0.2, 0) is 19.3 Å². The fraction of sp³-hybridized carbons (Fsp3) is 0.333. The summed E-state index contributed by atoms with van der Waals surface area (Å²) in [5, 5.41) is 0. The SMILES string of the molecule is CCCCCCc1ccc(-c2cccc3c2C=C(c2ccc(CC)s2)C3)cc1. The van der Waals surface area contributed by atoms with Gasteiger partial charge in [0.1, 0.15) is 0 Å². The molecule has 0 atom stereocenters. The number of rotatable bonds is 8. The van der Waals surface area contributed by atoms with Crippen LogP contribution in [0.1, 0.15) is 66.0 Å². The first kappa shape index (κ1) is 19.2. The topological polar surface area (TPSA) is 0 Å². The third kappa shape index (κ3) is 4.15. The smallest absolute Gasteiger partial charge is 0.0308 e. The van der Waals surface area contributed by atoms with E-state index >= 15 is 0 Å². The summed E-state index contributed by atoms with van der Waals surface area (Å²) in [7, 11) is 0. The number of hydrogen-bond acceptors (Lipinski definition) is 1. The van der Waals surface area contributed by atoms with Crippen molar-refractivity contribution in [2.45, 2.75) is 58.8 Å². The van der Waals surface area contributed by atoms with Crippen molar-refractivity contribution in [3.05, 3.63) is 81.0 Å². The van der Waals surface area contributed by atoms with E-state index in [0.29, 0.717) is 0 Å². The van der Waals surface area contributed by atoms with Gasteiger partial charge in [0.25, 0.3) is 0 Å². The number of fused-ring (bicyclic) bond motifs is 1. The largest absolute Gasteiger partial charge is 0.141 e. The highest BCUT2D eigenvalue weighted by Gasteiger charge is 2.18. The van der Waals surface area contributed by atoms with E-state index in [-0.39, 0.29) is 0 Å². The zero-order chi connectivity index (χ0) is 19.3. The summed E-state index contributed by atoms with van der Waals surface area (Å²) in [6.45, 7) is 4.51. The molecule has 0 fully saturated rings. The second-order valence-electron chi connectivity index (χ2n) is 7.85. The van der Waals surface area contributed by atoms with Crippen molar-refractivity contribution < 1.29 is 0 Å². The molecule has 1 aromatic heterocycles. The number of hydrogen-bond donors (Lipinski definition) is 0. The highest BCUT2D eigenvalue weighted by molar-refractivity contribution is 7.13. The lowest BCUT2D eigenvalue weighted by atomic mass is 9.95. The Balaban J connectivity index is 1.55. The molecule has 1 heterocycles. The second-order valence-corrected chi connectivity index (χ2v) is 9.02. The van der Waals surface area contributed by atoms with E-state index in [0.717, 1.165) is 12.8 Å². The van der Waals surface area contributed by atoms with Crippen molar-refractivity contribution in [1.82, 2.24) is 0 Å². The van der Waals surface area contributed by atoms with Crippen LogP contribution in [0.2, 0.25) is 0 Å². The van der Waals surface area contributed by atoms with Gasteiger partial charge in [0.05, 0.1) is 0 Å². The number of unbranched alkanes of at least 4 members (excludes halogenated alkanes) is 3. The number of thiophene rings is 1. The first-order valence-corrected chi connectivity index (χ1v) is 11.6. The maximum Gasteiger partial charge on any atom is 0.0308 e. The van der Waals surface area contributed by atoms with Gasteiger partial charge in [0, 0.05) is 9.75 Å². The molecule has 1 aliphatic carbocycles. The van der Waals surface area contributed by atoms with Gasteiger partial charge in [0.2, 0.25) is 0 Å². The average Bonchev–Trinajstić information content (AvgIpc) is 3.38. The Morgan fingerprint density at radius 1 is 0.857 bits per heavy atom. The number of aryl methyl sites for hydroxylation is 2. The van der Waals surface area contributed by atoms with Crippen LogP contribution < -0.4 is 0 Å². The van der Waals surface area contributed by atoms with E-state index in [2.05, 4.69) is 74.5 Å². The molecule has 0 spiro atoms. The predicted molar refractivity (Wildman–Crippen MR) is 125 cm³/mol. The van der Waals surface area contributed by atoms with Crippen molar-refractivity contribution in [1.29, 1.82) is 0 Å². The predicted octanol–water partition coefficient (Wildman–Crippen LogP) is 8.20. The standard InChI is InChI=1S/C27H30S/c1-3-5-6-7-9-20-12-14-21(15-13-20)25-11-8-10-22-18-23(19-26(22)25)27-17-16-24(4-2)28-27/h8,10-17,19H,3-7,9,18H2,1-2H3. The van der Waals surface area contributed by atoms with Crippen LogP contribution in [0.15, 0.2) is 54.6 Å². The van der Waals surface area contributed by atoms with Gasteiger partial charge in [-0.15, -0.1) is 11.3 Å². The van der Waals surface area contributed by atoms with Gasteiger partial charge >= 0.3 is 0 Å². The van der Waals surface area contributed by atoms with Crippen LogP contribution in [0, 0.1) is 0 Å². The van der Waals surface area contributed by atoms with Crippen LogP contribution in [0.4, 0.5) is 0 Å². The van der Waals surface area contributed by atoms with Crippen LogP contribution >= 0.6 is 11.3 Å². The molecule has 0 N–H and O–H groups in total. The molecule has 0 aliphatic heterocycles. The maximum absolute atomic E-state index is 2.43. The lowest BCUT2D eigenvalue weighted by molar-refractivity contribution is 0.667. The minimum absolute atomic E-state index is 1.06. The number of allylic oxidation sites excluding steroid dienone is 1. The van der Waals surface area contributed by atoms with E-state index in [4.69, 9.17) is 0 Å². The fourth-order valence-electron chi connectivity index (χ4n) is 4.13. The molecule has 1 heteroatoms. The third-order valence-corrected chi connectivity index (χ3v) is 7.11. The molecule has 3 aromatic rings. The Morgan fingerprint density at radius 3 is 2.46 bits per heavy atom. The monoisotopic (exact) mass is 386 g/mol. The van der Waals surface area contributed by atoms with Crippen molar-refractivity contribution in [2.75, 3.05) is 0 Å². The van der Waals surface area contributed by atoms with Gasteiger partial charge in [-0.3, -0.25) is 0 Å². The molecular weight excluding hydrogens is 356 g/mol. The summed E-state index contributed by atoms with van der Waals surface area (Å²) in [6.07, 6.45) is 11.1. The van der Waals surface area contributed by atoms with Crippen molar-refractivity contribution >= 4 is 23.0 Å². The van der Waals surface area contributed by atoms with Gasteiger partial charge in [-0.25, -0.2) is 0 Å². The van der Waals surface area contributed by atoms with E-state index in [9.17, 15) is 0 Å². The lowest BCUT2D eigenvalue weighted by Gasteiger charge is -2.09. The molecule has 0 bridgehead atoms. The summed E-state index contributed by atoms with van der Waals surface area (Å²) in [5.41, 5.74) is 8.53. The van der Waals surface area contributed by atoms with Crippen molar-refractivity contribution in [3.63, 3.8) is 0 Å². The molecule has 0 unspecified atom stereocenters. The molecule has 0 radical (unpaired) electrons. The first-order chi connectivity index (χ1) is 13.8. The maximum atomic E-state index is 2.43. The zero-order valence-corrected chi connectivity index (χ0v) is 17.9. The van der Waals surface area contributed by atoms with E-state index in [1.807, 2.05) is 11.3 Å². The fourth-order valence-corrected chi connectivity index (χ4v) is 5.09. The van der Waals surface area contributed by atoms with Gasteiger partial charge in [-0.2, -0.15) is 0 Å². The summed E-state index contributed by atoms with van der Waals surface area (Å²) in [5.74, 6) is 0. The number of benzene rings is 2. The Labute approximate surface area is 174 Å². The van der Waals surface area contributed by atoms with Crippen LogP contribution in [0.25, 0.3) is 22.8 Å². The van der Waals surface area contributed by atoms with E-state index in [1.54, 1.807) is 0 Å². The second kappa shape index (κ2) is 8.92. The van der Waals surface area contributed by atoms with Gasteiger partial charge in [-0.05, 0) is 77.3 Å². The van der Waals surface area contributed by atoms with Gasteiger partial charge in [-0.1, -0.05) is 75.6 Å². The van der Waals surface area contributed by atoms with Gasteiger partial charge in [0.15, 0.2) is 0 Å². The normalized spacial score (nSPS) is 12.9. The van der Waals surface area contributed by atoms with E-state index < -0.39 is 0 Å². The zero-order valence-electron chi connectivity index (χ0n) is 17.1. The minimum Gasteiger partial charge on any atom is -0.141 e. The van der Waals surface area contributed by atoms with Gasteiger partial charge < -0.3 is 0 Å². The minimum atomic E-state index is 1.06. The molecule has 144 valence electrons. The average molecular weight is 387 g/mol. The molecule has 2 aromatic carbocycles. The molecule has 0 nitrogen and oxygen atoms in total. The third-order valence-electron chi connectivity index (χ3n) is 5.81. The summed E-state index contributed by atoms with van der Waals surface area (Å²) in [6, 6.07) is 20.7. The Bertz CT molecular complexity index is 956. The molecule has 0 saturated carbocycles. The Hall–Kier alpha value is -2.12. The van der Waals surface area contributed by atoms with Crippen molar-refractivity contribution in [3.8, 4) is 11.1 Å². The van der Waals surface area contributed by atoms with Crippen molar-refractivity contribution in [2.24, 2.45) is 0 Å². The Morgan fingerprint density at radius 2 is 1.71 bits per heavy atom. The molecule has 0 amide bonds. The summed E-state index contributed by atoms with van der Waals surface area (Å²) >= 11 is 1.95. The molecule has 28 heavy (non-hydrogen) atoms. The quantitative estimate of drug-likeness (QED) is 0.342. The molecule has 4 rings (SSSR count). The molecule has 1 aliphatic rings. The lowest BCUT2D eigenvalue weighted by Crippen LogP contribution is -1.89. The van der Waals surface area contributed by atoms with Crippen LogP contribution in [0.5, 0.6) is 0 Å². The summed E-state index contributed by atoms with van der Waals surface area (Å²) in [4.78, 5) is 2.91. The Kier molecular flexibility index (Phi) is 6.12. The van der Waals surface area contributed by atoms with E-state index in [1.165, 1.54) is 75.2 Å².